The lowest BCUT2D eigenvalue weighted by atomic mass is 10.1. The zero-order chi connectivity index (χ0) is 16.0. The van der Waals surface area contributed by atoms with Crippen molar-refractivity contribution in [3.8, 4) is 0 Å². The molecule has 0 radical (unpaired) electrons. The molecule has 0 spiro atoms. The number of aliphatic hydroxyl groups is 1. The Labute approximate surface area is 132 Å². The molecular formula is C13H17BrN2O4S. The summed E-state index contributed by atoms with van der Waals surface area (Å²) in [4.78, 5) is 11.5. The Morgan fingerprint density at radius 2 is 2.05 bits per heavy atom. The number of likely N-dealkylation sites (N-methyl/N-ethyl adjacent to an activating group) is 1. The van der Waals surface area contributed by atoms with Crippen molar-refractivity contribution in [3.05, 3.63) is 22.2 Å². The van der Waals surface area contributed by atoms with Crippen molar-refractivity contribution in [2.75, 3.05) is 18.9 Å². The molecule has 1 aliphatic heterocycles. The van der Waals surface area contributed by atoms with E-state index in [1.807, 2.05) is 0 Å². The molecule has 0 aliphatic carbocycles. The third-order valence-corrected chi connectivity index (χ3v) is 5.84. The maximum Gasteiger partial charge on any atom is 0.244 e. The molecule has 0 aromatic heterocycles. The van der Waals surface area contributed by atoms with E-state index in [9.17, 15) is 18.3 Å². The molecule has 0 saturated heterocycles. The molecule has 6 nitrogen and oxygen atoms in total. The van der Waals surface area contributed by atoms with Crippen LogP contribution in [0.4, 0.5) is 5.69 Å². The lowest BCUT2D eigenvalue weighted by Gasteiger charge is -2.25. The highest BCUT2D eigenvalue weighted by atomic mass is 79.9. The Hall–Kier alpha value is -0.960. The number of sulfonamides is 1. The average Bonchev–Trinajstić information content (AvgIpc) is 2.64. The maximum absolute atomic E-state index is 12.6. The SMILES string of the molecule is CN(CC(C)(C)O)S(=O)(=O)c1cc2c(cc1Br)NC(=O)C2. The molecule has 0 bridgehead atoms. The second-order valence-corrected chi connectivity index (χ2v) is 8.61. The highest BCUT2D eigenvalue weighted by Gasteiger charge is 2.30. The zero-order valence-corrected chi connectivity index (χ0v) is 14.4. The Balaban J connectivity index is 2.42. The van der Waals surface area contributed by atoms with Crippen molar-refractivity contribution in [3.63, 3.8) is 0 Å². The fourth-order valence-corrected chi connectivity index (χ4v) is 4.60. The molecule has 1 aromatic carbocycles. The molecule has 1 amide bonds. The van der Waals surface area contributed by atoms with Crippen LogP contribution in [0.3, 0.4) is 0 Å². The number of carbonyl (C=O) groups is 1. The van der Waals surface area contributed by atoms with Crippen LogP contribution in [0.2, 0.25) is 0 Å². The molecule has 1 heterocycles. The Morgan fingerprint density at radius 1 is 1.43 bits per heavy atom. The van der Waals surface area contributed by atoms with Gasteiger partial charge in [-0.25, -0.2) is 8.42 Å². The van der Waals surface area contributed by atoms with Crippen molar-refractivity contribution in [2.24, 2.45) is 0 Å². The Morgan fingerprint density at radius 3 is 2.62 bits per heavy atom. The Bertz CT molecular complexity index is 695. The number of rotatable bonds is 4. The number of carbonyl (C=O) groups excluding carboxylic acids is 1. The van der Waals surface area contributed by atoms with Crippen LogP contribution in [0.1, 0.15) is 19.4 Å². The van der Waals surface area contributed by atoms with E-state index < -0.39 is 15.6 Å². The summed E-state index contributed by atoms with van der Waals surface area (Å²) < 4.78 is 26.7. The van der Waals surface area contributed by atoms with Crippen LogP contribution in [0.5, 0.6) is 0 Å². The number of fused-ring (bicyclic) bond motifs is 1. The maximum atomic E-state index is 12.6. The van der Waals surface area contributed by atoms with Crippen LogP contribution in [0.15, 0.2) is 21.5 Å². The fraction of sp³-hybridized carbons (Fsp3) is 0.462. The third kappa shape index (κ3) is 3.45. The molecule has 1 aromatic rings. The van der Waals surface area contributed by atoms with Crippen molar-refractivity contribution in [1.29, 1.82) is 0 Å². The molecule has 21 heavy (non-hydrogen) atoms. The molecule has 0 saturated carbocycles. The molecule has 2 rings (SSSR count). The number of hydrogen-bond donors (Lipinski definition) is 2. The predicted octanol–water partition coefficient (Wildman–Crippen LogP) is 1.34. The van der Waals surface area contributed by atoms with Crippen molar-refractivity contribution in [1.82, 2.24) is 4.31 Å². The van der Waals surface area contributed by atoms with Gasteiger partial charge in [0.15, 0.2) is 0 Å². The van der Waals surface area contributed by atoms with Gasteiger partial charge in [-0.15, -0.1) is 0 Å². The van der Waals surface area contributed by atoms with E-state index in [2.05, 4.69) is 21.2 Å². The fourth-order valence-electron chi connectivity index (χ4n) is 2.22. The summed E-state index contributed by atoms with van der Waals surface area (Å²) in [5.74, 6) is -0.156. The summed E-state index contributed by atoms with van der Waals surface area (Å²) in [5, 5.41) is 12.5. The Kier molecular flexibility index (Phi) is 4.18. The lowest BCUT2D eigenvalue weighted by Crippen LogP contribution is -2.39. The average molecular weight is 377 g/mol. The van der Waals surface area contributed by atoms with Crippen LogP contribution >= 0.6 is 15.9 Å². The molecule has 2 N–H and O–H groups in total. The lowest BCUT2D eigenvalue weighted by molar-refractivity contribution is -0.115. The number of hydrogen-bond acceptors (Lipinski definition) is 4. The van der Waals surface area contributed by atoms with Crippen molar-refractivity contribution < 1.29 is 18.3 Å². The molecule has 0 atom stereocenters. The number of amides is 1. The second-order valence-electron chi connectivity index (χ2n) is 5.74. The minimum atomic E-state index is -3.75. The molecule has 0 fully saturated rings. The van der Waals surface area contributed by atoms with Crippen LogP contribution in [0, 0.1) is 0 Å². The summed E-state index contributed by atoms with van der Waals surface area (Å²) in [6.07, 6.45) is 0.167. The third-order valence-electron chi connectivity index (χ3n) is 3.08. The first-order valence-corrected chi connectivity index (χ1v) is 8.55. The molecule has 0 unspecified atom stereocenters. The van der Waals surface area contributed by atoms with Crippen molar-refractivity contribution in [2.45, 2.75) is 30.8 Å². The van der Waals surface area contributed by atoms with E-state index in [1.54, 1.807) is 19.9 Å². The summed E-state index contributed by atoms with van der Waals surface area (Å²) >= 11 is 3.23. The van der Waals surface area contributed by atoms with Gasteiger partial charge < -0.3 is 10.4 Å². The zero-order valence-electron chi connectivity index (χ0n) is 12.0. The van der Waals surface area contributed by atoms with Gasteiger partial charge in [-0.1, -0.05) is 0 Å². The largest absolute Gasteiger partial charge is 0.389 e. The summed E-state index contributed by atoms with van der Waals surface area (Å²) in [6, 6.07) is 3.08. The summed E-state index contributed by atoms with van der Waals surface area (Å²) in [7, 11) is -2.34. The van der Waals surface area contributed by atoms with Crippen LogP contribution in [-0.4, -0.2) is 42.9 Å². The van der Waals surface area contributed by atoms with E-state index in [4.69, 9.17) is 0 Å². The van der Waals surface area contributed by atoms with Gasteiger partial charge in [-0.05, 0) is 47.5 Å². The molecular weight excluding hydrogens is 360 g/mol. The topological polar surface area (TPSA) is 86.7 Å². The number of anilines is 1. The van der Waals surface area contributed by atoms with Crippen LogP contribution < -0.4 is 5.32 Å². The van der Waals surface area contributed by atoms with E-state index >= 15 is 0 Å². The van der Waals surface area contributed by atoms with Gasteiger partial charge in [-0.2, -0.15) is 4.31 Å². The van der Waals surface area contributed by atoms with Crippen LogP contribution in [-0.2, 0) is 21.2 Å². The van der Waals surface area contributed by atoms with Gasteiger partial charge in [0.1, 0.15) is 0 Å². The number of nitrogens with zero attached hydrogens (tertiary/aromatic N) is 1. The van der Waals surface area contributed by atoms with Crippen LogP contribution in [0.25, 0.3) is 0 Å². The molecule has 1 aliphatic rings. The standard InChI is InChI=1S/C13H17BrN2O4S/c1-13(2,18)7-16(3)21(19,20)11-4-8-5-12(17)15-10(8)6-9(11)14/h4,6,18H,5,7H2,1-3H3,(H,15,17). The minimum absolute atomic E-state index is 0.0317. The second kappa shape index (κ2) is 5.35. The minimum Gasteiger partial charge on any atom is -0.389 e. The summed E-state index contributed by atoms with van der Waals surface area (Å²) in [5.41, 5.74) is 0.136. The highest BCUT2D eigenvalue weighted by Crippen LogP contribution is 2.33. The van der Waals surface area contributed by atoms with E-state index in [-0.39, 0.29) is 23.8 Å². The number of nitrogens with one attached hydrogen (secondary N) is 1. The molecule has 116 valence electrons. The number of benzene rings is 1. The number of halogens is 1. The predicted molar refractivity (Wildman–Crippen MR) is 82.6 cm³/mol. The smallest absolute Gasteiger partial charge is 0.244 e. The molecule has 8 heteroatoms. The van der Waals surface area contributed by atoms with E-state index in [0.717, 1.165) is 4.31 Å². The first-order valence-electron chi connectivity index (χ1n) is 6.32. The van der Waals surface area contributed by atoms with E-state index in [1.165, 1.54) is 13.1 Å². The highest BCUT2D eigenvalue weighted by molar-refractivity contribution is 9.10. The van der Waals surface area contributed by atoms with Gasteiger partial charge in [0.25, 0.3) is 0 Å². The quantitative estimate of drug-likeness (QED) is 0.829. The first-order chi connectivity index (χ1) is 9.50. The first kappa shape index (κ1) is 16.4. The van der Waals surface area contributed by atoms with Gasteiger partial charge in [0.05, 0.1) is 16.9 Å². The van der Waals surface area contributed by atoms with Gasteiger partial charge >= 0.3 is 0 Å². The monoisotopic (exact) mass is 376 g/mol. The van der Waals surface area contributed by atoms with Gasteiger partial charge in [-0.3, -0.25) is 4.79 Å². The normalized spacial score (nSPS) is 15.2. The van der Waals surface area contributed by atoms with Gasteiger partial charge in [0.2, 0.25) is 15.9 Å². The van der Waals surface area contributed by atoms with E-state index in [0.29, 0.717) is 15.7 Å². The van der Waals surface area contributed by atoms with Gasteiger partial charge in [0, 0.05) is 23.8 Å². The summed E-state index contributed by atoms with van der Waals surface area (Å²) in [6.45, 7) is 3.05. The van der Waals surface area contributed by atoms with Crippen molar-refractivity contribution >= 4 is 37.5 Å².